The van der Waals surface area contributed by atoms with Crippen molar-refractivity contribution in [3.63, 3.8) is 0 Å². The molecule has 3 aliphatic carbocycles. The lowest BCUT2D eigenvalue weighted by Gasteiger charge is -2.57. The van der Waals surface area contributed by atoms with Crippen LogP contribution in [0.25, 0.3) is 0 Å². The normalized spacial score (nSPS) is 29.1. The van der Waals surface area contributed by atoms with Crippen LogP contribution in [0.1, 0.15) is 56.6 Å². The third-order valence-electron chi connectivity index (χ3n) is 6.69. The Bertz CT molecular complexity index is 595. The highest BCUT2D eigenvalue weighted by Crippen LogP contribution is 2.54. The fourth-order valence-corrected chi connectivity index (χ4v) is 4.83. The second kappa shape index (κ2) is 6.37. The second-order valence-electron chi connectivity index (χ2n) is 8.36. The number of benzene rings is 2. The Kier molecular flexibility index (Phi) is 4.22. The van der Waals surface area contributed by atoms with E-state index in [1.54, 1.807) is 0 Å². The average Bonchev–Trinajstić information content (AvgIpc) is 2.64. The van der Waals surface area contributed by atoms with E-state index < -0.39 is 0 Å². The number of hydrogen-bond acceptors (Lipinski definition) is 1. The van der Waals surface area contributed by atoms with Crippen molar-refractivity contribution in [1.29, 1.82) is 0 Å². The van der Waals surface area contributed by atoms with Gasteiger partial charge < -0.3 is 0 Å². The molecule has 3 aliphatic rings. The van der Waals surface area contributed by atoms with Gasteiger partial charge in [-0.25, -0.2) is 0 Å². The van der Waals surface area contributed by atoms with Gasteiger partial charge in [0.2, 0.25) is 0 Å². The maximum Gasteiger partial charge on any atom is 0.0242 e. The van der Waals surface area contributed by atoms with Gasteiger partial charge in [0.15, 0.2) is 0 Å². The van der Waals surface area contributed by atoms with Crippen LogP contribution in [-0.2, 0) is 13.1 Å². The predicted molar refractivity (Wildman–Crippen MR) is 101 cm³/mol. The summed E-state index contributed by atoms with van der Waals surface area (Å²) in [6, 6.07) is 22.1. The fraction of sp³-hybridized carbons (Fsp3) is 0.478. The summed E-state index contributed by atoms with van der Waals surface area (Å²) < 4.78 is 0. The number of nitrogens with zero attached hydrogens (tertiary/aromatic N) is 1. The molecule has 0 heterocycles. The highest BCUT2D eigenvalue weighted by molar-refractivity contribution is 5.19. The molecule has 1 heteroatoms. The first-order chi connectivity index (χ1) is 11.7. The Labute approximate surface area is 146 Å². The van der Waals surface area contributed by atoms with E-state index in [1.165, 1.54) is 49.7 Å². The van der Waals surface area contributed by atoms with Gasteiger partial charge in [0.05, 0.1) is 0 Å². The summed E-state index contributed by atoms with van der Waals surface area (Å²) in [6.07, 6.45) is 8.36. The van der Waals surface area contributed by atoms with E-state index in [2.05, 4.69) is 72.5 Å². The fourth-order valence-electron chi connectivity index (χ4n) is 4.83. The number of hydrogen-bond donors (Lipinski definition) is 0. The van der Waals surface area contributed by atoms with Crippen LogP contribution in [0.15, 0.2) is 60.7 Å². The van der Waals surface area contributed by atoms with Gasteiger partial charge in [-0.2, -0.15) is 0 Å². The Balaban J connectivity index is 1.60. The van der Waals surface area contributed by atoms with Crippen molar-refractivity contribution < 1.29 is 0 Å². The molecule has 3 saturated carbocycles. The van der Waals surface area contributed by atoms with Gasteiger partial charge in [-0.3, -0.25) is 4.90 Å². The molecule has 5 rings (SSSR count). The molecule has 126 valence electrons. The third-order valence-corrected chi connectivity index (χ3v) is 6.69. The van der Waals surface area contributed by atoms with Crippen LogP contribution in [0.2, 0.25) is 0 Å². The molecule has 0 amide bonds. The van der Waals surface area contributed by atoms with Crippen LogP contribution in [-0.4, -0.2) is 10.4 Å². The minimum Gasteiger partial charge on any atom is -0.289 e. The summed E-state index contributed by atoms with van der Waals surface area (Å²) >= 11 is 0. The first kappa shape index (κ1) is 15.9. The quantitative estimate of drug-likeness (QED) is 0.673. The zero-order valence-electron chi connectivity index (χ0n) is 14.9. The van der Waals surface area contributed by atoms with Crippen LogP contribution < -0.4 is 0 Å². The highest BCUT2D eigenvalue weighted by Gasteiger charge is 2.48. The van der Waals surface area contributed by atoms with E-state index in [4.69, 9.17) is 0 Å². The van der Waals surface area contributed by atoms with Crippen molar-refractivity contribution in [2.24, 2.45) is 5.41 Å². The van der Waals surface area contributed by atoms with Crippen molar-refractivity contribution in [3.05, 3.63) is 71.8 Å². The molecule has 2 bridgehead atoms. The van der Waals surface area contributed by atoms with Crippen LogP contribution in [0.5, 0.6) is 0 Å². The van der Waals surface area contributed by atoms with Gasteiger partial charge in [0.1, 0.15) is 0 Å². The predicted octanol–water partition coefficient (Wildman–Crippen LogP) is 5.80. The largest absolute Gasteiger partial charge is 0.289 e. The molecule has 0 radical (unpaired) electrons. The summed E-state index contributed by atoms with van der Waals surface area (Å²) in [5, 5.41) is 0. The average molecular weight is 319 g/mol. The molecular formula is C23H29N. The van der Waals surface area contributed by atoms with Crippen molar-refractivity contribution in [2.45, 2.75) is 64.1 Å². The molecule has 0 spiro atoms. The SMILES string of the molecule is CC12CCC(N(Cc3ccccc3)Cc3ccccc3)(CC1)CC2. The lowest BCUT2D eigenvalue weighted by atomic mass is 9.57. The molecule has 1 nitrogen and oxygen atoms in total. The monoisotopic (exact) mass is 319 g/mol. The first-order valence-corrected chi connectivity index (χ1v) is 9.51. The molecule has 3 fully saturated rings. The van der Waals surface area contributed by atoms with E-state index in [0.29, 0.717) is 11.0 Å². The maximum absolute atomic E-state index is 2.80. The van der Waals surface area contributed by atoms with E-state index in [1.807, 2.05) is 0 Å². The Hall–Kier alpha value is -1.60. The number of rotatable bonds is 5. The molecule has 0 N–H and O–H groups in total. The Morgan fingerprint density at radius 3 is 1.50 bits per heavy atom. The molecule has 0 atom stereocenters. The van der Waals surface area contributed by atoms with Gasteiger partial charge in [-0.15, -0.1) is 0 Å². The summed E-state index contributed by atoms with van der Waals surface area (Å²) in [4.78, 5) is 2.80. The number of fused-ring (bicyclic) bond motifs is 3. The van der Waals surface area contributed by atoms with Crippen molar-refractivity contribution in [2.75, 3.05) is 0 Å². The molecule has 2 aromatic carbocycles. The maximum atomic E-state index is 2.80. The Morgan fingerprint density at radius 1 is 0.667 bits per heavy atom. The lowest BCUT2D eigenvalue weighted by Crippen LogP contribution is -2.55. The third kappa shape index (κ3) is 3.15. The van der Waals surface area contributed by atoms with Gasteiger partial charge in [-0.1, -0.05) is 67.6 Å². The minimum atomic E-state index is 0.420. The van der Waals surface area contributed by atoms with E-state index in [9.17, 15) is 0 Å². The van der Waals surface area contributed by atoms with Crippen LogP contribution in [0, 0.1) is 5.41 Å². The van der Waals surface area contributed by atoms with Crippen LogP contribution >= 0.6 is 0 Å². The highest BCUT2D eigenvalue weighted by atomic mass is 15.2. The lowest BCUT2D eigenvalue weighted by molar-refractivity contribution is -0.0563. The van der Waals surface area contributed by atoms with Crippen molar-refractivity contribution in [3.8, 4) is 0 Å². The zero-order chi connectivity index (χ0) is 16.5. The van der Waals surface area contributed by atoms with Gasteiger partial charge >= 0.3 is 0 Å². The van der Waals surface area contributed by atoms with Crippen molar-refractivity contribution >= 4 is 0 Å². The summed E-state index contributed by atoms with van der Waals surface area (Å²) in [7, 11) is 0. The molecule has 0 aliphatic heterocycles. The molecule has 0 unspecified atom stereocenters. The zero-order valence-corrected chi connectivity index (χ0v) is 14.9. The second-order valence-corrected chi connectivity index (χ2v) is 8.36. The molecule has 0 saturated heterocycles. The molecular weight excluding hydrogens is 290 g/mol. The summed E-state index contributed by atoms with van der Waals surface area (Å²) in [5.41, 5.74) is 3.94. The van der Waals surface area contributed by atoms with E-state index >= 15 is 0 Å². The first-order valence-electron chi connectivity index (χ1n) is 9.51. The van der Waals surface area contributed by atoms with E-state index in [0.717, 1.165) is 13.1 Å². The summed E-state index contributed by atoms with van der Waals surface area (Å²) in [5.74, 6) is 0. The van der Waals surface area contributed by atoms with E-state index in [-0.39, 0.29) is 0 Å². The standard InChI is InChI=1S/C23H29N/c1-22-12-15-23(16-13-22,17-14-22)24(18-20-8-4-2-5-9-20)19-21-10-6-3-7-11-21/h2-11H,12-19H2,1H3. The van der Waals surface area contributed by atoms with Crippen LogP contribution in [0.4, 0.5) is 0 Å². The smallest absolute Gasteiger partial charge is 0.0242 e. The molecule has 24 heavy (non-hydrogen) atoms. The topological polar surface area (TPSA) is 3.24 Å². The van der Waals surface area contributed by atoms with Crippen molar-refractivity contribution in [1.82, 2.24) is 4.90 Å². The Morgan fingerprint density at radius 2 is 1.08 bits per heavy atom. The molecule has 2 aromatic rings. The summed E-state index contributed by atoms with van der Waals surface area (Å²) in [6.45, 7) is 4.66. The van der Waals surface area contributed by atoms with Gasteiger partial charge in [0, 0.05) is 18.6 Å². The van der Waals surface area contributed by atoms with Crippen LogP contribution in [0.3, 0.4) is 0 Å². The van der Waals surface area contributed by atoms with Gasteiger partial charge in [-0.05, 0) is 55.1 Å². The minimum absolute atomic E-state index is 0.420. The van der Waals surface area contributed by atoms with Gasteiger partial charge in [0.25, 0.3) is 0 Å². The molecule has 0 aromatic heterocycles.